The summed E-state index contributed by atoms with van der Waals surface area (Å²) in [5.74, 6) is -1.05. The zero-order valence-electron chi connectivity index (χ0n) is 10.4. The number of aryl methyl sites for hydroxylation is 1. The lowest BCUT2D eigenvalue weighted by molar-refractivity contribution is 0.0379. The molecule has 0 saturated carbocycles. The van der Waals surface area contributed by atoms with Crippen molar-refractivity contribution >= 4 is 22.8 Å². The van der Waals surface area contributed by atoms with Crippen LogP contribution in [0.2, 0.25) is 0 Å². The van der Waals surface area contributed by atoms with Crippen molar-refractivity contribution < 1.29 is 13.9 Å². The van der Waals surface area contributed by atoms with Gasteiger partial charge >= 0.3 is 11.7 Å². The van der Waals surface area contributed by atoms with Crippen molar-refractivity contribution in [2.24, 2.45) is 7.05 Å². The first kappa shape index (κ1) is 12.2. The predicted octanol–water partition coefficient (Wildman–Crippen LogP) is 1.28. The third-order valence-electron chi connectivity index (χ3n) is 2.56. The molecule has 2 N–H and O–H groups in total. The van der Waals surface area contributed by atoms with E-state index in [9.17, 15) is 9.59 Å². The van der Waals surface area contributed by atoms with Gasteiger partial charge in [-0.15, -0.1) is 0 Å². The van der Waals surface area contributed by atoms with E-state index in [0.29, 0.717) is 5.52 Å². The third-order valence-corrected chi connectivity index (χ3v) is 2.56. The number of hydrogen-bond acceptors (Lipinski definition) is 5. The fourth-order valence-corrected chi connectivity index (χ4v) is 1.67. The fourth-order valence-electron chi connectivity index (χ4n) is 1.67. The van der Waals surface area contributed by atoms with Gasteiger partial charge in [-0.05, 0) is 26.0 Å². The molecule has 1 aromatic carbocycles. The SMILES string of the molecule is CC(C)OC(=O)c1ccc2c(oc(=O)n2C)c1N. The molecule has 6 nitrogen and oxygen atoms in total. The second kappa shape index (κ2) is 4.21. The molecule has 0 aliphatic rings. The van der Waals surface area contributed by atoms with Crippen LogP contribution in [0.25, 0.3) is 11.1 Å². The first-order valence-electron chi connectivity index (χ1n) is 5.50. The number of nitrogens with zero attached hydrogens (tertiary/aromatic N) is 1. The van der Waals surface area contributed by atoms with E-state index in [1.165, 1.54) is 10.6 Å². The zero-order valence-corrected chi connectivity index (χ0v) is 10.4. The monoisotopic (exact) mass is 250 g/mol. The van der Waals surface area contributed by atoms with Gasteiger partial charge in [-0.1, -0.05) is 0 Å². The molecule has 2 aromatic rings. The topological polar surface area (TPSA) is 87.5 Å². The summed E-state index contributed by atoms with van der Waals surface area (Å²) < 4.78 is 11.4. The largest absolute Gasteiger partial charge is 0.459 e. The molecule has 0 fully saturated rings. The number of carbonyl (C=O) groups excluding carboxylic acids is 1. The summed E-state index contributed by atoms with van der Waals surface area (Å²) in [6.45, 7) is 3.49. The molecule has 0 radical (unpaired) electrons. The quantitative estimate of drug-likeness (QED) is 0.640. The molecule has 0 atom stereocenters. The van der Waals surface area contributed by atoms with Crippen LogP contribution < -0.4 is 11.5 Å². The Labute approximate surface area is 103 Å². The Bertz CT molecular complexity index is 667. The van der Waals surface area contributed by atoms with E-state index in [-0.39, 0.29) is 22.9 Å². The molecule has 0 bridgehead atoms. The lowest BCUT2D eigenvalue weighted by Gasteiger charge is -2.09. The second-order valence-electron chi connectivity index (χ2n) is 4.26. The van der Waals surface area contributed by atoms with Gasteiger partial charge in [0.1, 0.15) is 0 Å². The molecular weight excluding hydrogens is 236 g/mol. The Morgan fingerprint density at radius 3 is 2.72 bits per heavy atom. The van der Waals surface area contributed by atoms with E-state index in [0.717, 1.165) is 0 Å². The summed E-state index contributed by atoms with van der Waals surface area (Å²) in [6.07, 6.45) is -0.240. The maximum Gasteiger partial charge on any atom is 0.419 e. The number of nitrogens with two attached hydrogens (primary N) is 1. The minimum absolute atomic E-state index is 0.121. The van der Waals surface area contributed by atoms with Crippen LogP contribution in [0.5, 0.6) is 0 Å². The lowest BCUT2D eigenvalue weighted by Crippen LogP contribution is -2.13. The average molecular weight is 250 g/mol. The van der Waals surface area contributed by atoms with Crippen molar-refractivity contribution in [3.05, 3.63) is 28.2 Å². The predicted molar refractivity (Wildman–Crippen MR) is 66.4 cm³/mol. The maximum atomic E-state index is 11.8. The van der Waals surface area contributed by atoms with Crippen LogP contribution in [-0.2, 0) is 11.8 Å². The number of rotatable bonds is 2. The standard InChI is InChI=1S/C12H14N2O4/c1-6(2)17-11(15)7-4-5-8-10(9(7)13)18-12(16)14(8)3/h4-6H,13H2,1-3H3. The first-order valence-corrected chi connectivity index (χ1v) is 5.50. The molecule has 1 heterocycles. The number of carbonyl (C=O) groups is 1. The summed E-state index contributed by atoms with van der Waals surface area (Å²) >= 11 is 0. The van der Waals surface area contributed by atoms with Crippen LogP contribution in [-0.4, -0.2) is 16.6 Å². The molecule has 96 valence electrons. The molecule has 0 unspecified atom stereocenters. The number of esters is 1. The van der Waals surface area contributed by atoms with Crippen molar-refractivity contribution in [1.82, 2.24) is 4.57 Å². The van der Waals surface area contributed by atoms with Crippen LogP contribution in [0, 0.1) is 0 Å². The van der Waals surface area contributed by atoms with Crippen LogP contribution in [0.1, 0.15) is 24.2 Å². The number of aromatic nitrogens is 1. The number of benzene rings is 1. The second-order valence-corrected chi connectivity index (χ2v) is 4.26. The highest BCUT2D eigenvalue weighted by atomic mass is 16.5. The Balaban J connectivity index is 2.58. The number of oxazole rings is 1. The van der Waals surface area contributed by atoms with Crippen molar-refractivity contribution in [2.75, 3.05) is 5.73 Å². The van der Waals surface area contributed by atoms with Gasteiger partial charge < -0.3 is 14.9 Å². The van der Waals surface area contributed by atoms with Crippen molar-refractivity contribution in [1.29, 1.82) is 0 Å². The van der Waals surface area contributed by atoms with E-state index >= 15 is 0 Å². The smallest absolute Gasteiger partial charge is 0.419 e. The van der Waals surface area contributed by atoms with E-state index in [1.54, 1.807) is 27.0 Å². The van der Waals surface area contributed by atoms with Crippen molar-refractivity contribution in [3.63, 3.8) is 0 Å². The molecule has 2 rings (SSSR count). The molecule has 0 aliphatic carbocycles. The molecule has 0 aliphatic heterocycles. The normalized spacial score (nSPS) is 11.1. The minimum atomic E-state index is -0.532. The Morgan fingerprint density at radius 2 is 2.11 bits per heavy atom. The van der Waals surface area contributed by atoms with Gasteiger partial charge in [0, 0.05) is 7.05 Å². The molecule has 0 spiro atoms. The molecule has 18 heavy (non-hydrogen) atoms. The number of nitrogen functional groups attached to an aromatic ring is 1. The Morgan fingerprint density at radius 1 is 1.44 bits per heavy atom. The number of hydrogen-bond donors (Lipinski definition) is 1. The van der Waals surface area contributed by atoms with Crippen LogP contribution >= 0.6 is 0 Å². The highest BCUT2D eigenvalue weighted by Gasteiger charge is 2.18. The van der Waals surface area contributed by atoms with Gasteiger partial charge in [0.15, 0.2) is 5.58 Å². The van der Waals surface area contributed by atoms with Gasteiger partial charge in [0.25, 0.3) is 0 Å². The summed E-state index contributed by atoms with van der Waals surface area (Å²) in [7, 11) is 1.57. The summed E-state index contributed by atoms with van der Waals surface area (Å²) in [5, 5.41) is 0. The van der Waals surface area contributed by atoms with Gasteiger partial charge in [-0.3, -0.25) is 4.57 Å². The van der Waals surface area contributed by atoms with E-state index in [2.05, 4.69) is 0 Å². The van der Waals surface area contributed by atoms with Crippen LogP contribution in [0.3, 0.4) is 0 Å². The Kier molecular flexibility index (Phi) is 2.86. The molecule has 0 saturated heterocycles. The molecule has 1 aromatic heterocycles. The van der Waals surface area contributed by atoms with E-state index in [4.69, 9.17) is 14.9 Å². The fraction of sp³-hybridized carbons (Fsp3) is 0.333. The minimum Gasteiger partial charge on any atom is -0.459 e. The van der Waals surface area contributed by atoms with Crippen LogP contribution in [0.4, 0.5) is 5.69 Å². The summed E-state index contributed by atoms with van der Waals surface area (Å²) in [6, 6.07) is 3.13. The number of anilines is 1. The third kappa shape index (κ3) is 1.85. The molecule has 6 heteroatoms. The zero-order chi connectivity index (χ0) is 13.4. The van der Waals surface area contributed by atoms with Crippen LogP contribution in [0.15, 0.2) is 21.3 Å². The average Bonchev–Trinajstić information content (AvgIpc) is 2.56. The van der Waals surface area contributed by atoms with Gasteiger partial charge in [0.2, 0.25) is 0 Å². The Hall–Kier alpha value is -2.24. The van der Waals surface area contributed by atoms with Gasteiger partial charge in [-0.25, -0.2) is 9.59 Å². The van der Waals surface area contributed by atoms with E-state index < -0.39 is 11.7 Å². The summed E-state index contributed by atoms with van der Waals surface area (Å²) in [4.78, 5) is 23.2. The first-order chi connectivity index (χ1) is 8.41. The van der Waals surface area contributed by atoms with Gasteiger partial charge in [0.05, 0.1) is 22.9 Å². The lowest BCUT2D eigenvalue weighted by atomic mass is 10.1. The van der Waals surface area contributed by atoms with Gasteiger partial charge in [-0.2, -0.15) is 0 Å². The number of fused-ring (bicyclic) bond motifs is 1. The number of ether oxygens (including phenoxy) is 1. The molecule has 0 amide bonds. The van der Waals surface area contributed by atoms with Crippen molar-refractivity contribution in [3.8, 4) is 0 Å². The maximum absolute atomic E-state index is 11.8. The summed E-state index contributed by atoms with van der Waals surface area (Å²) in [5.41, 5.74) is 6.90. The molecular formula is C12H14N2O4. The van der Waals surface area contributed by atoms with Crippen molar-refractivity contribution in [2.45, 2.75) is 20.0 Å². The van der Waals surface area contributed by atoms with E-state index in [1.807, 2.05) is 0 Å². The highest BCUT2D eigenvalue weighted by Crippen LogP contribution is 2.24. The highest BCUT2D eigenvalue weighted by molar-refractivity contribution is 6.02.